The van der Waals surface area contributed by atoms with Gasteiger partial charge in [-0.3, -0.25) is 4.98 Å². The Morgan fingerprint density at radius 3 is 2.85 bits per heavy atom. The highest BCUT2D eigenvalue weighted by molar-refractivity contribution is 9.10. The first kappa shape index (κ1) is 15.2. The molecule has 0 aliphatic carbocycles. The lowest BCUT2D eigenvalue weighted by Crippen LogP contribution is -2.24. The molecule has 0 bridgehead atoms. The molecular formula is C17H21BrN2. The Morgan fingerprint density at radius 2 is 2.15 bits per heavy atom. The Kier molecular flexibility index (Phi) is 5.74. The molecule has 2 aromatic rings. The van der Waals surface area contributed by atoms with E-state index in [1.165, 1.54) is 21.2 Å². The molecule has 0 aliphatic heterocycles. The van der Waals surface area contributed by atoms with Crippen LogP contribution >= 0.6 is 15.9 Å². The van der Waals surface area contributed by atoms with Crippen LogP contribution in [0.5, 0.6) is 0 Å². The molecule has 3 heteroatoms. The lowest BCUT2D eigenvalue weighted by molar-refractivity contribution is 0.527. The van der Waals surface area contributed by atoms with Crippen LogP contribution < -0.4 is 5.32 Å². The zero-order valence-corrected chi connectivity index (χ0v) is 13.7. The van der Waals surface area contributed by atoms with Crippen LogP contribution in [0.3, 0.4) is 0 Å². The molecule has 2 nitrogen and oxygen atoms in total. The third-order valence-electron chi connectivity index (χ3n) is 3.33. The van der Waals surface area contributed by atoms with Gasteiger partial charge in [0.2, 0.25) is 0 Å². The maximum atomic E-state index is 4.21. The molecule has 1 aromatic carbocycles. The number of aromatic nitrogens is 1. The van der Waals surface area contributed by atoms with Crippen molar-refractivity contribution in [2.75, 3.05) is 6.54 Å². The third kappa shape index (κ3) is 4.15. The molecule has 0 radical (unpaired) electrons. The van der Waals surface area contributed by atoms with E-state index in [4.69, 9.17) is 0 Å². The van der Waals surface area contributed by atoms with Gasteiger partial charge in [-0.15, -0.1) is 0 Å². The van der Waals surface area contributed by atoms with E-state index in [0.717, 1.165) is 19.4 Å². The first-order chi connectivity index (χ1) is 9.70. The predicted molar refractivity (Wildman–Crippen MR) is 87.9 cm³/mol. The minimum absolute atomic E-state index is 0.313. The fourth-order valence-electron chi connectivity index (χ4n) is 2.30. The predicted octanol–water partition coefficient (Wildman–Crippen LogP) is 4.44. The van der Waals surface area contributed by atoms with E-state index < -0.39 is 0 Å². The summed E-state index contributed by atoms with van der Waals surface area (Å²) in [6.45, 7) is 5.35. The van der Waals surface area contributed by atoms with Crippen LogP contribution in [0.15, 0.2) is 47.2 Å². The number of pyridine rings is 1. The molecule has 1 aromatic heterocycles. The second-order valence-corrected chi connectivity index (χ2v) is 5.95. The van der Waals surface area contributed by atoms with Crippen LogP contribution in [-0.4, -0.2) is 11.5 Å². The molecular weight excluding hydrogens is 312 g/mol. The topological polar surface area (TPSA) is 24.9 Å². The number of rotatable bonds is 6. The van der Waals surface area contributed by atoms with E-state index in [-0.39, 0.29) is 0 Å². The van der Waals surface area contributed by atoms with Gasteiger partial charge in [0, 0.05) is 22.9 Å². The van der Waals surface area contributed by atoms with E-state index in [1.807, 2.05) is 18.5 Å². The van der Waals surface area contributed by atoms with Crippen molar-refractivity contribution in [3.05, 3.63) is 63.9 Å². The number of halogens is 1. The van der Waals surface area contributed by atoms with Crippen molar-refractivity contribution in [2.24, 2.45) is 0 Å². The molecule has 0 spiro atoms. The largest absolute Gasteiger partial charge is 0.310 e. The second kappa shape index (κ2) is 7.55. The number of benzene rings is 1. The van der Waals surface area contributed by atoms with E-state index >= 15 is 0 Å². The van der Waals surface area contributed by atoms with Crippen molar-refractivity contribution >= 4 is 15.9 Å². The van der Waals surface area contributed by atoms with Crippen LogP contribution in [0.25, 0.3) is 0 Å². The van der Waals surface area contributed by atoms with Gasteiger partial charge in [0.15, 0.2) is 0 Å². The average molecular weight is 333 g/mol. The van der Waals surface area contributed by atoms with Gasteiger partial charge in [0.25, 0.3) is 0 Å². The molecule has 0 aliphatic rings. The molecule has 2 rings (SSSR count). The Hall–Kier alpha value is -1.19. The van der Waals surface area contributed by atoms with E-state index in [1.54, 1.807) is 0 Å². The minimum atomic E-state index is 0.313. The maximum Gasteiger partial charge on any atom is 0.0372 e. The van der Waals surface area contributed by atoms with Crippen molar-refractivity contribution < 1.29 is 0 Å². The number of nitrogens with zero attached hydrogens (tertiary/aromatic N) is 1. The maximum absolute atomic E-state index is 4.21. The first-order valence-corrected chi connectivity index (χ1v) is 7.88. The van der Waals surface area contributed by atoms with Crippen LogP contribution in [0.1, 0.15) is 36.1 Å². The summed E-state index contributed by atoms with van der Waals surface area (Å²) in [7, 11) is 0. The van der Waals surface area contributed by atoms with Gasteiger partial charge in [-0.25, -0.2) is 0 Å². The summed E-state index contributed by atoms with van der Waals surface area (Å²) >= 11 is 3.68. The standard InChI is InChI=1S/C17H21BrN2/c1-3-8-20-17(11-14-5-4-9-19-12-14)15-10-13(2)6-7-16(15)18/h4-7,9-10,12,17,20H,3,8,11H2,1-2H3. The monoisotopic (exact) mass is 332 g/mol. The van der Waals surface area contributed by atoms with E-state index in [2.05, 4.69) is 64.3 Å². The van der Waals surface area contributed by atoms with Crippen molar-refractivity contribution in [1.82, 2.24) is 10.3 Å². The molecule has 1 N–H and O–H groups in total. The molecule has 106 valence electrons. The second-order valence-electron chi connectivity index (χ2n) is 5.10. The van der Waals surface area contributed by atoms with Crippen molar-refractivity contribution in [3.8, 4) is 0 Å². The van der Waals surface area contributed by atoms with Gasteiger partial charge in [0.1, 0.15) is 0 Å². The molecule has 1 heterocycles. The smallest absolute Gasteiger partial charge is 0.0372 e. The molecule has 0 saturated carbocycles. The highest BCUT2D eigenvalue weighted by atomic mass is 79.9. The Labute approximate surface area is 129 Å². The number of nitrogens with one attached hydrogen (secondary N) is 1. The lowest BCUT2D eigenvalue weighted by atomic mass is 9.98. The van der Waals surface area contributed by atoms with Gasteiger partial charge in [-0.05, 0) is 49.6 Å². The van der Waals surface area contributed by atoms with Gasteiger partial charge in [-0.2, -0.15) is 0 Å². The molecule has 0 amide bonds. The van der Waals surface area contributed by atoms with Gasteiger partial charge in [-0.1, -0.05) is 46.6 Å². The highest BCUT2D eigenvalue weighted by Gasteiger charge is 2.14. The van der Waals surface area contributed by atoms with Crippen LogP contribution in [0.2, 0.25) is 0 Å². The summed E-state index contributed by atoms with van der Waals surface area (Å²) in [5, 5.41) is 3.64. The molecule has 20 heavy (non-hydrogen) atoms. The Bertz CT molecular complexity index is 540. The summed E-state index contributed by atoms with van der Waals surface area (Å²) in [5.74, 6) is 0. The minimum Gasteiger partial charge on any atom is -0.310 e. The van der Waals surface area contributed by atoms with E-state index in [9.17, 15) is 0 Å². The van der Waals surface area contributed by atoms with Gasteiger partial charge in [0.05, 0.1) is 0 Å². The molecule has 0 fully saturated rings. The average Bonchev–Trinajstić information content (AvgIpc) is 2.47. The fraction of sp³-hybridized carbons (Fsp3) is 0.353. The Morgan fingerprint density at radius 1 is 1.30 bits per heavy atom. The first-order valence-electron chi connectivity index (χ1n) is 7.09. The molecule has 0 saturated heterocycles. The molecule has 1 unspecified atom stereocenters. The van der Waals surface area contributed by atoms with Crippen molar-refractivity contribution in [3.63, 3.8) is 0 Å². The quantitative estimate of drug-likeness (QED) is 0.846. The van der Waals surface area contributed by atoms with Crippen LogP contribution in [0.4, 0.5) is 0 Å². The molecule has 1 atom stereocenters. The normalized spacial score (nSPS) is 12.3. The number of hydrogen-bond acceptors (Lipinski definition) is 2. The number of aryl methyl sites for hydroxylation is 1. The summed E-state index contributed by atoms with van der Waals surface area (Å²) < 4.78 is 1.17. The summed E-state index contributed by atoms with van der Waals surface area (Å²) in [6, 6.07) is 11.0. The van der Waals surface area contributed by atoms with Crippen LogP contribution in [0, 0.1) is 6.92 Å². The number of hydrogen-bond donors (Lipinski definition) is 1. The zero-order chi connectivity index (χ0) is 14.4. The summed E-state index contributed by atoms with van der Waals surface area (Å²) in [5.41, 5.74) is 3.87. The lowest BCUT2D eigenvalue weighted by Gasteiger charge is -2.21. The zero-order valence-electron chi connectivity index (χ0n) is 12.1. The SMILES string of the molecule is CCCNC(Cc1cccnc1)c1cc(C)ccc1Br. The van der Waals surface area contributed by atoms with Crippen LogP contribution in [-0.2, 0) is 6.42 Å². The van der Waals surface area contributed by atoms with Gasteiger partial charge < -0.3 is 5.32 Å². The van der Waals surface area contributed by atoms with E-state index in [0.29, 0.717) is 6.04 Å². The Balaban J connectivity index is 2.24. The fourth-order valence-corrected chi connectivity index (χ4v) is 2.82. The highest BCUT2D eigenvalue weighted by Crippen LogP contribution is 2.27. The van der Waals surface area contributed by atoms with Crippen molar-refractivity contribution in [1.29, 1.82) is 0 Å². The summed E-state index contributed by atoms with van der Waals surface area (Å²) in [6.07, 6.45) is 5.85. The van der Waals surface area contributed by atoms with Crippen molar-refractivity contribution in [2.45, 2.75) is 32.7 Å². The third-order valence-corrected chi connectivity index (χ3v) is 4.05. The summed E-state index contributed by atoms with van der Waals surface area (Å²) in [4.78, 5) is 4.21. The van der Waals surface area contributed by atoms with Gasteiger partial charge >= 0.3 is 0 Å².